The van der Waals surface area contributed by atoms with Crippen LogP contribution in [0, 0.1) is 13.8 Å². The molecule has 0 radical (unpaired) electrons. The highest BCUT2D eigenvalue weighted by molar-refractivity contribution is 7.98. The number of fused-ring (bicyclic) bond motifs is 1. The maximum absolute atomic E-state index is 12.8. The topological polar surface area (TPSA) is 83.7 Å². The molecule has 0 bridgehead atoms. The lowest BCUT2D eigenvalue weighted by molar-refractivity contribution is -0.139. The van der Waals surface area contributed by atoms with Crippen LogP contribution in [0.25, 0.3) is 5.78 Å². The molecule has 0 atom stereocenters. The van der Waals surface area contributed by atoms with Gasteiger partial charge in [0.25, 0.3) is 5.78 Å². The van der Waals surface area contributed by atoms with Crippen molar-refractivity contribution in [1.29, 1.82) is 0 Å². The van der Waals surface area contributed by atoms with Gasteiger partial charge in [0.05, 0.1) is 6.42 Å². The highest BCUT2D eigenvalue weighted by Crippen LogP contribution is 2.18. The Morgan fingerprint density at radius 1 is 1.04 bits per heavy atom. The third-order valence-corrected chi connectivity index (χ3v) is 5.37. The van der Waals surface area contributed by atoms with Crippen molar-refractivity contribution in [3.05, 3.63) is 17.0 Å². The fourth-order valence-corrected chi connectivity index (χ4v) is 3.56. The first-order chi connectivity index (χ1) is 12.4. The van der Waals surface area contributed by atoms with E-state index in [1.807, 2.05) is 36.8 Å². The van der Waals surface area contributed by atoms with Gasteiger partial charge in [-0.05, 0) is 20.1 Å². The lowest BCUT2D eigenvalue weighted by Gasteiger charge is -2.34. The average Bonchev–Trinajstić information content (AvgIpc) is 3.07. The lowest BCUT2D eigenvalue weighted by atomic mass is 10.1. The second-order valence-corrected chi connectivity index (χ2v) is 7.14. The van der Waals surface area contributed by atoms with Crippen LogP contribution >= 0.6 is 11.8 Å². The van der Waals surface area contributed by atoms with Crippen LogP contribution in [0.5, 0.6) is 0 Å². The first-order valence-corrected chi connectivity index (χ1v) is 9.99. The zero-order chi connectivity index (χ0) is 18.8. The Labute approximate surface area is 157 Å². The maximum atomic E-state index is 12.8. The molecule has 0 saturated carbocycles. The van der Waals surface area contributed by atoms with Gasteiger partial charge >= 0.3 is 0 Å². The molecular formula is C17H24N6O2S. The molecule has 1 saturated heterocycles. The molecule has 26 heavy (non-hydrogen) atoms. The third kappa shape index (κ3) is 3.53. The van der Waals surface area contributed by atoms with Gasteiger partial charge in [0.1, 0.15) is 0 Å². The summed E-state index contributed by atoms with van der Waals surface area (Å²) in [5.41, 5.74) is 2.60. The first-order valence-electron chi connectivity index (χ1n) is 8.77. The second-order valence-electron chi connectivity index (χ2n) is 6.36. The summed E-state index contributed by atoms with van der Waals surface area (Å²) >= 11 is 1.47. The summed E-state index contributed by atoms with van der Waals surface area (Å²) in [7, 11) is 0. The minimum atomic E-state index is 0.0613. The van der Waals surface area contributed by atoms with Crippen molar-refractivity contribution in [1.82, 2.24) is 29.4 Å². The molecule has 2 amide bonds. The SMILES string of the molecule is CCC(=O)N1CCN(C(=O)Cc2c(C)nc3nc(SC)nn3c2C)CC1. The molecule has 2 aromatic rings. The minimum Gasteiger partial charge on any atom is -0.339 e. The van der Waals surface area contributed by atoms with Gasteiger partial charge in [-0.15, -0.1) is 5.10 Å². The van der Waals surface area contributed by atoms with Crippen LogP contribution in [0.2, 0.25) is 0 Å². The van der Waals surface area contributed by atoms with Crippen LogP contribution in [0.15, 0.2) is 5.16 Å². The van der Waals surface area contributed by atoms with E-state index in [2.05, 4.69) is 15.1 Å². The van der Waals surface area contributed by atoms with E-state index in [1.165, 1.54) is 11.8 Å². The number of carbonyl (C=O) groups is 2. The molecule has 1 aliphatic heterocycles. The number of hydrogen-bond acceptors (Lipinski definition) is 6. The Bertz CT molecular complexity index is 841. The number of carbonyl (C=O) groups excluding carboxylic acids is 2. The highest BCUT2D eigenvalue weighted by atomic mass is 32.2. The average molecular weight is 376 g/mol. The molecule has 8 nitrogen and oxygen atoms in total. The number of rotatable bonds is 4. The number of aryl methyl sites for hydroxylation is 2. The molecule has 0 unspecified atom stereocenters. The van der Waals surface area contributed by atoms with Gasteiger partial charge in [-0.1, -0.05) is 18.7 Å². The van der Waals surface area contributed by atoms with E-state index in [0.29, 0.717) is 43.5 Å². The number of nitrogens with zero attached hydrogens (tertiary/aromatic N) is 6. The summed E-state index contributed by atoms with van der Waals surface area (Å²) in [6.07, 6.45) is 2.72. The summed E-state index contributed by atoms with van der Waals surface area (Å²) in [6, 6.07) is 0. The fraction of sp³-hybridized carbons (Fsp3) is 0.588. The van der Waals surface area contributed by atoms with E-state index in [1.54, 1.807) is 4.52 Å². The molecule has 2 aromatic heterocycles. The zero-order valence-electron chi connectivity index (χ0n) is 15.7. The van der Waals surface area contributed by atoms with E-state index < -0.39 is 0 Å². The highest BCUT2D eigenvalue weighted by Gasteiger charge is 2.25. The van der Waals surface area contributed by atoms with Gasteiger partial charge in [-0.2, -0.15) is 4.98 Å². The fourth-order valence-electron chi connectivity index (χ4n) is 3.22. The number of aromatic nitrogens is 4. The smallest absolute Gasteiger partial charge is 0.253 e. The summed E-state index contributed by atoms with van der Waals surface area (Å²) < 4.78 is 1.71. The first kappa shape index (κ1) is 18.6. The van der Waals surface area contributed by atoms with E-state index >= 15 is 0 Å². The summed E-state index contributed by atoms with van der Waals surface area (Å²) in [4.78, 5) is 37.1. The Morgan fingerprint density at radius 3 is 2.23 bits per heavy atom. The maximum Gasteiger partial charge on any atom is 0.253 e. The van der Waals surface area contributed by atoms with Gasteiger partial charge < -0.3 is 9.80 Å². The van der Waals surface area contributed by atoms with E-state index in [-0.39, 0.29) is 18.2 Å². The number of amides is 2. The van der Waals surface area contributed by atoms with Crippen LogP contribution in [-0.4, -0.2) is 73.6 Å². The van der Waals surface area contributed by atoms with Crippen molar-refractivity contribution in [2.24, 2.45) is 0 Å². The number of hydrogen-bond donors (Lipinski definition) is 0. The second kappa shape index (κ2) is 7.61. The van der Waals surface area contributed by atoms with Crippen molar-refractivity contribution >= 4 is 29.4 Å². The normalized spacial score (nSPS) is 14.9. The Hall–Kier alpha value is -2.16. The van der Waals surface area contributed by atoms with E-state index in [9.17, 15) is 9.59 Å². The Morgan fingerprint density at radius 2 is 1.65 bits per heavy atom. The van der Waals surface area contributed by atoms with Gasteiger partial charge in [0.2, 0.25) is 17.0 Å². The third-order valence-electron chi connectivity index (χ3n) is 4.83. The zero-order valence-corrected chi connectivity index (χ0v) is 16.5. The number of thioether (sulfide) groups is 1. The Balaban J connectivity index is 1.74. The summed E-state index contributed by atoms with van der Waals surface area (Å²) in [5.74, 6) is 0.771. The van der Waals surface area contributed by atoms with Crippen LogP contribution in [0.4, 0.5) is 0 Å². The monoisotopic (exact) mass is 376 g/mol. The number of piperazine rings is 1. The van der Waals surface area contributed by atoms with Crippen molar-refractivity contribution in [3.8, 4) is 0 Å². The molecule has 0 aromatic carbocycles. The Kier molecular flexibility index (Phi) is 5.45. The molecule has 3 rings (SSSR count). The molecule has 0 spiro atoms. The standard InChI is InChI=1S/C17H24N6O2S/c1-5-14(24)21-6-8-22(9-7-21)15(25)10-13-11(2)18-16-19-17(26-4)20-23(16)12(13)3/h5-10H2,1-4H3. The van der Waals surface area contributed by atoms with Gasteiger partial charge in [-0.3, -0.25) is 9.59 Å². The molecule has 3 heterocycles. The van der Waals surface area contributed by atoms with Crippen LogP contribution in [0.1, 0.15) is 30.3 Å². The summed E-state index contributed by atoms with van der Waals surface area (Å²) in [5, 5.41) is 5.09. The van der Waals surface area contributed by atoms with Crippen molar-refractivity contribution < 1.29 is 9.59 Å². The van der Waals surface area contributed by atoms with Gasteiger partial charge in [0, 0.05) is 49.6 Å². The van der Waals surface area contributed by atoms with Gasteiger partial charge in [-0.25, -0.2) is 9.50 Å². The minimum absolute atomic E-state index is 0.0613. The van der Waals surface area contributed by atoms with Crippen molar-refractivity contribution in [3.63, 3.8) is 0 Å². The molecule has 9 heteroatoms. The predicted octanol–water partition coefficient (Wildman–Crippen LogP) is 1.09. The molecule has 1 aliphatic rings. The predicted molar refractivity (Wildman–Crippen MR) is 99.2 cm³/mol. The van der Waals surface area contributed by atoms with E-state index in [4.69, 9.17) is 0 Å². The quantitative estimate of drug-likeness (QED) is 0.743. The molecule has 140 valence electrons. The van der Waals surface area contributed by atoms with Crippen LogP contribution in [0.3, 0.4) is 0 Å². The molecular weight excluding hydrogens is 352 g/mol. The lowest BCUT2D eigenvalue weighted by Crippen LogP contribution is -2.50. The van der Waals surface area contributed by atoms with Crippen LogP contribution < -0.4 is 0 Å². The largest absolute Gasteiger partial charge is 0.339 e. The molecule has 1 fully saturated rings. The van der Waals surface area contributed by atoms with E-state index in [0.717, 1.165) is 17.0 Å². The van der Waals surface area contributed by atoms with Crippen LogP contribution in [-0.2, 0) is 16.0 Å². The van der Waals surface area contributed by atoms with Crippen molar-refractivity contribution in [2.75, 3.05) is 32.4 Å². The van der Waals surface area contributed by atoms with Crippen molar-refractivity contribution in [2.45, 2.75) is 38.8 Å². The molecule has 0 aliphatic carbocycles. The summed E-state index contributed by atoms with van der Waals surface area (Å²) in [6.45, 7) is 8.08. The van der Waals surface area contributed by atoms with Gasteiger partial charge in [0.15, 0.2) is 0 Å². The molecule has 0 N–H and O–H groups in total.